The summed E-state index contributed by atoms with van der Waals surface area (Å²) in [6.45, 7) is 1.90. The van der Waals surface area contributed by atoms with Gasteiger partial charge in [-0.25, -0.2) is 4.79 Å². The van der Waals surface area contributed by atoms with E-state index >= 15 is 0 Å². The van der Waals surface area contributed by atoms with E-state index in [2.05, 4.69) is 35.2 Å². The average Bonchev–Trinajstić information content (AvgIpc) is 2.62. The van der Waals surface area contributed by atoms with Crippen molar-refractivity contribution in [2.45, 2.75) is 19.3 Å². The predicted octanol–water partition coefficient (Wildman–Crippen LogP) is 3.51. The smallest absolute Gasteiger partial charge is 0.340 e. The van der Waals surface area contributed by atoms with Crippen LogP contribution in [-0.4, -0.2) is 26.2 Å². The Labute approximate surface area is 143 Å². The summed E-state index contributed by atoms with van der Waals surface area (Å²) < 4.78 is 4.90. The van der Waals surface area contributed by atoms with E-state index in [1.807, 2.05) is 12.1 Å². The minimum atomic E-state index is -0.330. The fourth-order valence-electron chi connectivity index (χ4n) is 3.43. The number of piperidine rings is 1. The Morgan fingerprint density at radius 3 is 2.54 bits per heavy atom. The summed E-state index contributed by atoms with van der Waals surface area (Å²) in [5.74, 6) is 0.364. The van der Waals surface area contributed by atoms with Crippen LogP contribution in [0.1, 0.15) is 28.8 Å². The molecule has 1 fully saturated rings. The van der Waals surface area contributed by atoms with Gasteiger partial charge in [0, 0.05) is 18.8 Å². The average molecular weight is 324 g/mol. The topological polar surface area (TPSA) is 55.6 Å². The number of methoxy groups -OCH3 is 1. The third-order valence-corrected chi connectivity index (χ3v) is 4.75. The molecule has 0 unspecified atom stereocenters. The first kappa shape index (κ1) is 16.4. The van der Waals surface area contributed by atoms with Crippen molar-refractivity contribution in [3.8, 4) is 0 Å². The standard InChI is InChI=1S/C20H24N2O2/c1-24-20(23)18-14-17(21)7-8-19(18)22-11-9-16(10-12-22)13-15-5-3-2-4-6-15/h2-8,14,16H,9-13,21H2,1H3. The molecule has 0 bridgehead atoms. The number of hydrogen-bond acceptors (Lipinski definition) is 4. The molecule has 1 heterocycles. The molecule has 126 valence electrons. The number of benzene rings is 2. The molecule has 0 aromatic heterocycles. The number of esters is 1. The van der Waals surface area contributed by atoms with E-state index in [1.54, 1.807) is 6.07 Å². The van der Waals surface area contributed by atoms with Crippen molar-refractivity contribution in [2.24, 2.45) is 5.92 Å². The normalized spacial score (nSPS) is 15.3. The Balaban J connectivity index is 1.67. The molecule has 2 aromatic carbocycles. The second kappa shape index (κ2) is 7.39. The molecule has 4 nitrogen and oxygen atoms in total. The summed E-state index contributed by atoms with van der Waals surface area (Å²) in [5.41, 5.74) is 9.29. The first-order valence-corrected chi connectivity index (χ1v) is 8.44. The highest BCUT2D eigenvalue weighted by molar-refractivity contribution is 5.97. The van der Waals surface area contributed by atoms with Crippen LogP contribution in [0.2, 0.25) is 0 Å². The minimum Gasteiger partial charge on any atom is -0.465 e. The molecule has 0 saturated carbocycles. The van der Waals surface area contributed by atoms with Crippen molar-refractivity contribution >= 4 is 17.3 Å². The van der Waals surface area contributed by atoms with Gasteiger partial charge in [0.2, 0.25) is 0 Å². The van der Waals surface area contributed by atoms with Crippen molar-refractivity contribution in [1.29, 1.82) is 0 Å². The number of nitrogen functional groups attached to an aromatic ring is 1. The van der Waals surface area contributed by atoms with Gasteiger partial charge in [-0.1, -0.05) is 30.3 Å². The molecule has 4 heteroatoms. The number of hydrogen-bond donors (Lipinski definition) is 1. The van der Waals surface area contributed by atoms with Gasteiger partial charge in [-0.3, -0.25) is 0 Å². The maximum atomic E-state index is 12.0. The first-order chi connectivity index (χ1) is 11.7. The number of anilines is 2. The van der Waals surface area contributed by atoms with E-state index in [1.165, 1.54) is 12.7 Å². The molecule has 0 amide bonds. The van der Waals surface area contributed by atoms with Crippen LogP contribution < -0.4 is 10.6 Å². The van der Waals surface area contributed by atoms with Gasteiger partial charge in [-0.2, -0.15) is 0 Å². The molecular weight excluding hydrogens is 300 g/mol. The SMILES string of the molecule is COC(=O)c1cc(N)ccc1N1CCC(Cc2ccccc2)CC1. The molecule has 2 N–H and O–H groups in total. The number of carbonyl (C=O) groups excluding carboxylic acids is 1. The largest absolute Gasteiger partial charge is 0.465 e. The molecule has 0 radical (unpaired) electrons. The van der Waals surface area contributed by atoms with Crippen LogP contribution in [0.3, 0.4) is 0 Å². The number of nitrogens with zero attached hydrogens (tertiary/aromatic N) is 1. The van der Waals surface area contributed by atoms with Gasteiger partial charge in [-0.05, 0) is 48.9 Å². The first-order valence-electron chi connectivity index (χ1n) is 8.44. The zero-order valence-corrected chi connectivity index (χ0v) is 14.1. The predicted molar refractivity (Wildman–Crippen MR) is 97.3 cm³/mol. The van der Waals surface area contributed by atoms with Crippen LogP contribution in [0.25, 0.3) is 0 Å². The third-order valence-electron chi connectivity index (χ3n) is 4.75. The highest BCUT2D eigenvalue weighted by atomic mass is 16.5. The number of rotatable bonds is 4. The minimum absolute atomic E-state index is 0.330. The van der Waals surface area contributed by atoms with Crippen LogP contribution in [-0.2, 0) is 11.2 Å². The lowest BCUT2D eigenvalue weighted by molar-refractivity contribution is 0.0601. The molecule has 0 atom stereocenters. The van der Waals surface area contributed by atoms with Gasteiger partial charge in [0.25, 0.3) is 0 Å². The lowest BCUT2D eigenvalue weighted by atomic mass is 9.90. The van der Waals surface area contributed by atoms with Crippen LogP contribution >= 0.6 is 0 Å². The third kappa shape index (κ3) is 3.70. The summed E-state index contributed by atoms with van der Waals surface area (Å²) in [6.07, 6.45) is 3.38. The Hall–Kier alpha value is -2.49. The summed E-state index contributed by atoms with van der Waals surface area (Å²) in [4.78, 5) is 14.3. The Morgan fingerprint density at radius 2 is 1.88 bits per heavy atom. The van der Waals surface area contributed by atoms with E-state index in [9.17, 15) is 4.79 Å². The van der Waals surface area contributed by atoms with E-state index in [0.29, 0.717) is 17.2 Å². The second-order valence-electron chi connectivity index (χ2n) is 6.39. The molecule has 3 rings (SSSR count). The molecule has 1 aliphatic heterocycles. The molecule has 24 heavy (non-hydrogen) atoms. The highest BCUT2D eigenvalue weighted by Crippen LogP contribution is 2.29. The molecule has 1 saturated heterocycles. The molecule has 2 aromatic rings. The Bertz CT molecular complexity index is 692. The highest BCUT2D eigenvalue weighted by Gasteiger charge is 2.23. The monoisotopic (exact) mass is 324 g/mol. The Morgan fingerprint density at radius 1 is 1.17 bits per heavy atom. The second-order valence-corrected chi connectivity index (χ2v) is 6.39. The van der Waals surface area contributed by atoms with Crippen LogP contribution in [0.15, 0.2) is 48.5 Å². The number of nitrogens with two attached hydrogens (primary N) is 1. The van der Waals surface area contributed by atoms with Crippen molar-refractivity contribution in [3.05, 3.63) is 59.7 Å². The van der Waals surface area contributed by atoms with Crippen LogP contribution in [0, 0.1) is 5.92 Å². The van der Waals surface area contributed by atoms with E-state index < -0.39 is 0 Å². The van der Waals surface area contributed by atoms with Gasteiger partial charge in [0.15, 0.2) is 0 Å². The van der Waals surface area contributed by atoms with Gasteiger partial charge < -0.3 is 15.4 Å². The summed E-state index contributed by atoms with van der Waals surface area (Å²) in [6, 6.07) is 16.1. The van der Waals surface area contributed by atoms with Crippen molar-refractivity contribution in [1.82, 2.24) is 0 Å². The molecule has 1 aliphatic rings. The van der Waals surface area contributed by atoms with Crippen LogP contribution in [0.4, 0.5) is 11.4 Å². The number of carbonyl (C=O) groups is 1. The van der Waals surface area contributed by atoms with Gasteiger partial charge in [0.05, 0.1) is 18.4 Å². The fourth-order valence-corrected chi connectivity index (χ4v) is 3.43. The lowest BCUT2D eigenvalue weighted by Gasteiger charge is -2.34. The summed E-state index contributed by atoms with van der Waals surface area (Å²) in [5, 5.41) is 0. The zero-order valence-electron chi connectivity index (χ0n) is 14.1. The fraction of sp³-hybridized carbons (Fsp3) is 0.350. The zero-order chi connectivity index (χ0) is 16.9. The van der Waals surface area contributed by atoms with E-state index in [4.69, 9.17) is 10.5 Å². The van der Waals surface area contributed by atoms with E-state index in [0.717, 1.165) is 38.0 Å². The van der Waals surface area contributed by atoms with E-state index in [-0.39, 0.29) is 5.97 Å². The quantitative estimate of drug-likeness (QED) is 0.691. The Kier molecular flexibility index (Phi) is 5.04. The lowest BCUT2D eigenvalue weighted by Crippen LogP contribution is -2.35. The van der Waals surface area contributed by atoms with Crippen molar-refractivity contribution in [2.75, 3.05) is 30.8 Å². The maximum Gasteiger partial charge on any atom is 0.340 e. The van der Waals surface area contributed by atoms with Crippen LogP contribution in [0.5, 0.6) is 0 Å². The number of ether oxygens (including phenoxy) is 1. The molecule has 0 aliphatic carbocycles. The molecular formula is C20H24N2O2. The van der Waals surface area contributed by atoms with Crippen molar-refractivity contribution < 1.29 is 9.53 Å². The summed E-state index contributed by atoms with van der Waals surface area (Å²) >= 11 is 0. The van der Waals surface area contributed by atoms with Gasteiger partial charge >= 0.3 is 5.97 Å². The maximum absolute atomic E-state index is 12.0. The molecule has 0 spiro atoms. The van der Waals surface area contributed by atoms with Gasteiger partial charge in [0.1, 0.15) is 0 Å². The summed E-state index contributed by atoms with van der Waals surface area (Å²) in [7, 11) is 1.40. The van der Waals surface area contributed by atoms with Gasteiger partial charge in [-0.15, -0.1) is 0 Å². The van der Waals surface area contributed by atoms with Crippen molar-refractivity contribution in [3.63, 3.8) is 0 Å².